The van der Waals surface area contributed by atoms with Crippen molar-refractivity contribution in [3.05, 3.63) is 0 Å². The van der Waals surface area contributed by atoms with Crippen LogP contribution in [-0.4, -0.2) is 55.2 Å². The van der Waals surface area contributed by atoms with Crippen molar-refractivity contribution in [1.29, 1.82) is 0 Å². The van der Waals surface area contributed by atoms with E-state index < -0.39 is 5.54 Å². The molecule has 94 valence electrons. The van der Waals surface area contributed by atoms with Crippen LogP contribution in [0.1, 0.15) is 20.8 Å². The predicted octanol–water partition coefficient (Wildman–Crippen LogP) is -0.439. The van der Waals surface area contributed by atoms with Crippen LogP contribution in [0.25, 0.3) is 0 Å². The average molecular weight is 229 g/mol. The standard InChI is InChI=1S/C11H23N3O2/c1-4-16-9(7-12)8-14-6-5-13-10(15)11(14,2)3/h9H,4-8,12H2,1-3H3,(H,13,15). The Labute approximate surface area is 97.3 Å². The highest BCUT2D eigenvalue weighted by Crippen LogP contribution is 2.18. The van der Waals surface area contributed by atoms with E-state index in [0.717, 1.165) is 6.54 Å². The molecule has 0 aliphatic carbocycles. The van der Waals surface area contributed by atoms with E-state index in [4.69, 9.17) is 10.5 Å². The average Bonchev–Trinajstić information content (AvgIpc) is 2.24. The number of carbonyl (C=O) groups is 1. The van der Waals surface area contributed by atoms with Crippen molar-refractivity contribution in [3.63, 3.8) is 0 Å². The van der Waals surface area contributed by atoms with E-state index in [9.17, 15) is 4.79 Å². The number of nitrogens with zero attached hydrogens (tertiary/aromatic N) is 1. The maximum absolute atomic E-state index is 11.7. The van der Waals surface area contributed by atoms with E-state index >= 15 is 0 Å². The third kappa shape index (κ3) is 2.93. The molecule has 0 bridgehead atoms. The summed E-state index contributed by atoms with van der Waals surface area (Å²) in [5, 5.41) is 2.87. The zero-order chi connectivity index (χ0) is 12.2. The smallest absolute Gasteiger partial charge is 0.240 e. The van der Waals surface area contributed by atoms with Gasteiger partial charge in [0.1, 0.15) is 0 Å². The molecule has 0 aromatic carbocycles. The number of hydrogen-bond acceptors (Lipinski definition) is 4. The number of nitrogens with one attached hydrogen (secondary N) is 1. The summed E-state index contributed by atoms with van der Waals surface area (Å²) >= 11 is 0. The van der Waals surface area contributed by atoms with Crippen molar-refractivity contribution < 1.29 is 9.53 Å². The molecule has 0 radical (unpaired) electrons. The van der Waals surface area contributed by atoms with Crippen molar-refractivity contribution >= 4 is 5.91 Å². The van der Waals surface area contributed by atoms with E-state index in [1.807, 2.05) is 20.8 Å². The Bertz CT molecular complexity index is 243. The van der Waals surface area contributed by atoms with Gasteiger partial charge in [-0.1, -0.05) is 0 Å². The van der Waals surface area contributed by atoms with Gasteiger partial charge in [0.25, 0.3) is 0 Å². The van der Waals surface area contributed by atoms with E-state index in [-0.39, 0.29) is 12.0 Å². The molecule has 1 atom stereocenters. The lowest BCUT2D eigenvalue weighted by Crippen LogP contribution is -2.63. The van der Waals surface area contributed by atoms with Gasteiger partial charge in [0, 0.05) is 32.8 Å². The van der Waals surface area contributed by atoms with Gasteiger partial charge in [0.15, 0.2) is 0 Å². The van der Waals surface area contributed by atoms with Gasteiger partial charge in [0.05, 0.1) is 11.6 Å². The number of rotatable bonds is 5. The minimum Gasteiger partial charge on any atom is -0.376 e. The highest BCUT2D eigenvalue weighted by Gasteiger charge is 2.38. The normalized spacial score (nSPS) is 22.9. The molecule has 0 saturated carbocycles. The van der Waals surface area contributed by atoms with Gasteiger partial charge in [-0.2, -0.15) is 0 Å². The summed E-state index contributed by atoms with van der Waals surface area (Å²) in [6.07, 6.45) is 0.00942. The summed E-state index contributed by atoms with van der Waals surface area (Å²) in [4.78, 5) is 13.9. The fourth-order valence-corrected chi connectivity index (χ4v) is 1.94. The lowest BCUT2D eigenvalue weighted by molar-refractivity contribution is -0.136. The Morgan fingerprint density at radius 1 is 1.62 bits per heavy atom. The second kappa shape index (κ2) is 5.61. The molecule has 0 aromatic heterocycles. The molecule has 1 aliphatic rings. The van der Waals surface area contributed by atoms with Gasteiger partial charge in [-0.15, -0.1) is 0 Å². The second-order valence-electron chi connectivity index (χ2n) is 4.57. The van der Waals surface area contributed by atoms with Crippen LogP contribution in [0.15, 0.2) is 0 Å². The van der Waals surface area contributed by atoms with Gasteiger partial charge in [0.2, 0.25) is 5.91 Å². The van der Waals surface area contributed by atoms with Crippen molar-refractivity contribution in [3.8, 4) is 0 Å². The number of ether oxygens (including phenoxy) is 1. The molecule has 1 saturated heterocycles. The Morgan fingerprint density at radius 3 is 2.88 bits per heavy atom. The molecule has 16 heavy (non-hydrogen) atoms. The fraction of sp³-hybridized carbons (Fsp3) is 0.909. The molecule has 1 unspecified atom stereocenters. The molecule has 0 aromatic rings. The Balaban J connectivity index is 2.60. The van der Waals surface area contributed by atoms with Crippen LogP contribution in [0.3, 0.4) is 0 Å². The van der Waals surface area contributed by atoms with Crippen molar-refractivity contribution in [2.24, 2.45) is 5.73 Å². The minimum absolute atomic E-state index is 0.00942. The Hall–Kier alpha value is -0.650. The van der Waals surface area contributed by atoms with Gasteiger partial charge in [-0.3, -0.25) is 9.69 Å². The van der Waals surface area contributed by atoms with E-state index in [2.05, 4.69) is 10.2 Å². The Kier molecular flexibility index (Phi) is 4.70. The van der Waals surface area contributed by atoms with Gasteiger partial charge < -0.3 is 15.8 Å². The molecule has 1 rings (SSSR count). The third-order valence-corrected chi connectivity index (χ3v) is 3.10. The van der Waals surface area contributed by atoms with Crippen LogP contribution >= 0.6 is 0 Å². The number of piperazine rings is 1. The summed E-state index contributed by atoms with van der Waals surface area (Å²) in [5.41, 5.74) is 5.18. The molecule has 3 N–H and O–H groups in total. The van der Waals surface area contributed by atoms with E-state index in [1.54, 1.807) is 0 Å². The maximum atomic E-state index is 11.7. The van der Waals surface area contributed by atoms with Gasteiger partial charge >= 0.3 is 0 Å². The van der Waals surface area contributed by atoms with Crippen LogP contribution in [0.2, 0.25) is 0 Å². The first kappa shape index (κ1) is 13.4. The van der Waals surface area contributed by atoms with Crippen LogP contribution in [-0.2, 0) is 9.53 Å². The monoisotopic (exact) mass is 229 g/mol. The fourth-order valence-electron chi connectivity index (χ4n) is 1.94. The van der Waals surface area contributed by atoms with Crippen LogP contribution in [0.4, 0.5) is 0 Å². The maximum Gasteiger partial charge on any atom is 0.240 e. The summed E-state index contributed by atoms with van der Waals surface area (Å²) < 4.78 is 5.52. The first-order valence-electron chi connectivity index (χ1n) is 5.87. The topological polar surface area (TPSA) is 67.6 Å². The van der Waals surface area contributed by atoms with Crippen molar-refractivity contribution in [1.82, 2.24) is 10.2 Å². The molecule has 1 fully saturated rings. The zero-order valence-electron chi connectivity index (χ0n) is 10.5. The highest BCUT2D eigenvalue weighted by molar-refractivity contribution is 5.86. The highest BCUT2D eigenvalue weighted by atomic mass is 16.5. The molecule has 1 aliphatic heterocycles. The van der Waals surface area contributed by atoms with Crippen LogP contribution < -0.4 is 11.1 Å². The van der Waals surface area contributed by atoms with Crippen molar-refractivity contribution in [2.75, 3.05) is 32.8 Å². The third-order valence-electron chi connectivity index (χ3n) is 3.10. The molecular weight excluding hydrogens is 206 g/mol. The van der Waals surface area contributed by atoms with Crippen LogP contribution in [0.5, 0.6) is 0 Å². The van der Waals surface area contributed by atoms with Gasteiger partial charge in [-0.05, 0) is 20.8 Å². The summed E-state index contributed by atoms with van der Waals surface area (Å²) in [6.45, 7) is 9.22. The predicted molar refractivity (Wildman–Crippen MR) is 63.1 cm³/mol. The zero-order valence-corrected chi connectivity index (χ0v) is 10.5. The first-order valence-corrected chi connectivity index (χ1v) is 5.87. The summed E-state index contributed by atoms with van der Waals surface area (Å²) in [6, 6.07) is 0. The van der Waals surface area contributed by atoms with Crippen LogP contribution in [0, 0.1) is 0 Å². The molecule has 1 amide bonds. The van der Waals surface area contributed by atoms with E-state index in [0.29, 0.717) is 26.2 Å². The molecule has 1 heterocycles. The molecular formula is C11H23N3O2. The number of hydrogen-bond donors (Lipinski definition) is 2. The number of amides is 1. The lowest BCUT2D eigenvalue weighted by atomic mass is 9.98. The van der Waals surface area contributed by atoms with Gasteiger partial charge in [-0.25, -0.2) is 0 Å². The van der Waals surface area contributed by atoms with Crippen molar-refractivity contribution in [2.45, 2.75) is 32.4 Å². The quantitative estimate of drug-likeness (QED) is 0.671. The molecule has 5 heteroatoms. The second-order valence-corrected chi connectivity index (χ2v) is 4.57. The summed E-state index contributed by atoms with van der Waals surface area (Å²) in [7, 11) is 0. The molecule has 5 nitrogen and oxygen atoms in total. The largest absolute Gasteiger partial charge is 0.376 e. The lowest BCUT2D eigenvalue weighted by Gasteiger charge is -2.42. The Morgan fingerprint density at radius 2 is 2.31 bits per heavy atom. The number of nitrogens with two attached hydrogens (primary N) is 1. The first-order chi connectivity index (χ1) is 7.52. The molecule has 0 spiro atoms. The van der Waals surface area contributed by atoms with E-state index in [1.165, 1.54) is 0 Å². The minimum atomic E-state index is -0.469. The number of carbonyl (C=O) groups excluding carboxylic acids is 1. The SMILES string of the molecule is CCOC(CN)CN1CCNC(=O)C1(C)C. The summed E-state index contributed by atoms with van der Waals surface area (Å²) in [5.74, 6) is 0.0750.